The minimum atomic E-state index is -0.217. The Hall–Kier alpha value is -0.940. The molecular weight excluding hydrogens is 448 g/mol. The first-order chi connectivity index (χ1) is 17.3. The van der Waals surface area contributed by atoms with E-state index in [0.717, 1.165) is 25.0 Å². The van der Waals surface area contributed by atoms with E-state index in [1.807, 2.05) is 0 Å². The van der Waals surface area contributed by atoms with Crippen molar-refractivity contribution in [1.29, 1.82) is 0 Å². The fraction of sp³-hybridized carbons (Fsp3) is 0.812. The summed E-state index contributed by atoms with van der Waals surface area (Å²) in [5, 5.41) is 0. The molecule has 2 aliphatic carbocycles. The SMILES string of the molecule is Cc1c(C2CCC(C3CCC(C4OCC(C)C(C)O4)CC3)CC2)ccc(C2OCC(C)C(C)O2)c1C. The van der Waals surface area contributed by atoms with Crippen LogP contribution < -0.4 is 0 Å². The fourth-order valence-corrected chi connectivity index (χ4v) is 7.27. The third-order valence-corrected chi connectivity index (χ3v) is 10.5. The van der Waals surface area contributed by atoms with Crippen molar-refractivity contribution in [3.05, 3.63) is 34.4 Å². The first-order valence-corrected chi connectivity index (χ1v) is 15.0. The molecule has 4 aliphatic rings. The van der Waals surface area contributed by atoms with Crippen LogP contribution in [0.25, 0.3) is 0 Å². The molecule has 2 aliphatic heterocycles. The minimum absolute atomic E-state index is 0.0399. The van der Waals surface area contributed by atoms with Crippen LogP contribution >= 0.6 is 0 Å². The summed E-state index contributed by atoms with van der Waals surface area (Å²) in [7, 11) is 0. The van der Waals surface area contributed by atoms with Gasteiger partial charge in [0.05, 0.1) is 25.4 Å². The smallest absolute Gasteiger partial charge is 0.184 e. The molecule has 0 spiro atoms. The molecule has 6 atom stereocenters. The molecule has 6 unspecified atom stereocenters. The molecule has 2 saturated carbocycles. The molecule has 0 bridgehead atoms. The highest BCUT2D eigenvalue weighted by molar-refractivity contribution is 5.42. The van der Waals surface area contributed by atoms with Crippen LogP contribution in [0.1, 0.15) is 114 Å². The number of benzene rings is 1. The fourth-order valence-electron chi connectivity index (χ4n) is 7.27. The first kappa shape index (κ1) is 26.7. The summed E-state index contributed by atoms with van der Waals surface area (Å²) in [6.45, 7) is 15.0. The van der Waals surface area contributed by atoms with Gasteiger partial charge in [0.25, 0.3) is 0 Å². The van der Waals surface area contributed by atoms with Crippen LogP contribution in [0.5, 0.6) is 0 Å². The van der Waals surface area contributed by atoms with Gasteiger partial charge in [-0.25, -0.2) is 0 Å². The molecule has 0 N–H and O–H groups in total. The second-order valence-electron chi connectivity index (χ2n) is 12.8. The first-order valence-electron chi connectivity index (χ1n) is 15.0. The van der Waals surface area contributed by atoms with Gasteiger partial charge in [0, 0.05) is 23.3 Å². The van der Waals surface area contributed by atoms with Crippen molar-refractivity contribution in [1.82, 2.24) is 0 Å². The van der Waals surface area contributed by atoms with E-state index < -0.39 is 0 Å². The van der Waals surface area contributed by atoms with Crippen LogP contribution in [0.15, 0.2) is 12.1 Å². The highest BCUT2D eigenvalue weighted by atomic mass is 16.7. The quantitative estimate of drug-likeness (QED) is 0.423. The Labute approximate surface area is 219 Å². The Morgan fingerprint density at radius 1 is 0.583 bits per heavy atom. The van der Waals surface area contributed by atoms with Gasteiger partial charge in [-0.2, -0.15) is 0 Å². The van der Waals surface area contributed by atoms with Gasteiger partial charge in [0.1, 0.15) is 0 Å². The predicted molar refractivity (Wildman–Crippen MR) is 144 cm³/mol. The van der Waals surface area contributed by atoms with E-state index in [9.17, 15) is 0 Å². The van der Waals surface area contributed by atoms with Crippen molar-refractivity contribution in [3.63, 3.8) is 0 Å². The lowest BCUT2D eigenvalue weighted by molar-refractivity contribution is -0.254. The van der Waals surface area contributed by atoms with Crippen LogP contribution in [0, 0.1) is 43.4 Å². The summed E-state index contributed by atoms with van der Waals surface area (Å²) < 4.78 is 24.6. The second-order valence-corrected chi connectivity index (χ2v) is 12.8. The Kier molecular flexibility index (Phi) is 8.47. The highest BCUT2D eigenvalue weighted by Crippen LogP contribution is 2.46. The Balaban J connectivity index is 1.13. The van der Waals surface area contributed by atoms with Gasteiger partial charge in [-0.15, -0.1) is 0 Å². The molecule has 4 nitrogen and oxygen atoms in total. The van der Waals surface area contributed by atoms with E-state index in [1.54, 1.807) is 5.56 Å². The Bertz CT molecular complexity index is 867. The van der Waals surface area contributed by atoms with Gasteiger partial charge in [0.2, 0.25) is 0 Å². The molecule has 0 amide bonds. The standard InChI is InChI=1S/C32H50O4/c1-19-17-33-31(35-23(19)5)28-13-9-26(10-14-28)25-7-11-27(12-8-25)29-15-16-30(22(4)21(29)3)32-34-18-20(2)24(6)36-32/h15-16,19-20,23-28,31-32H,7-14,17-18H2,1-6H3. The van der Waals surface area contributed by atoms with Gasteiger partial charge in [-0.05, 0) is 114 Å². The van der Waals surface area contributed by atoms with E-state index in [4.69, 9.17) is 18.9 Å². The van der Waals surface area contributed by atoms with Crippen molar-refractivity contribution in [2.45, 2.75) is 124 Å². The largest absolute Gasteiger partial charge is 0.352 e. The zero-order valence-electron chi connectivity index (χ0n) is 23.6. The number of hydrogen-bond donors (Lipinski definition) is 0. The highest BCUT2D eigenvalue weighted by Gasteiger charge is 2.37. The maximum atomic E-state index is 6.22. The van der Waals surface area contributed by atoms with Crippen LogP contribution in [-0.2, 0) is 18.9 Å². The lowest BCUT2D eigenvalue weighted by Gasteiger charge is -2.42. The minimum Gasteiger partial charge on any atom is -0.352 e. The molecule has 0 aromatic heterocycles. The average molecular weight is 499 g/mol. The molecule has 2 heterocycles. The van der Waals surface area contributed by atoms with Crippen LogP contribution in [0.3, 0.4) is 0 Å². The van der Waals surface area contributed by atoms with E-state index in [-0.39, 0.29) is 18.7 Å². The Morgan fingerprint density at radius 2 is 1.08 bits per heavy atom. The number of rotatable bonds is 4. The van der Waals surface area contributed by atoms with Crippen LogP contribution in [-0.4, -0.2) is 31.7 Å². The summed E-state index contributed by atoms with van der Waals surface area (Å²) in [4.78, 5) is 0. The molecule has 202 valence electrons. The average Bonchev–Trinajstić information content (AvgIpc) is 2.89. The van der Waals surface area contributed by atoms with Crippen molar-refractivity contribution >= 4 is 0 Å². The molecule has 0 radical (unpaired) electrons. The zero-order valence-corrected chi connectivity index (χ0v) is 23.6. The normalized spacial score (nSPS) is 42.3. The number of hydrogen-bond acceptors (Lipinski definition) is 4. The summed E-state index contributed by atoms with van der Waals surface area (Å²) in [6.07, 6.45) is 11.1. The van der Waals surface area contributed by atoms with Gasteiger partial charge < -0.3 is 18.9 Å². The molecule has 36 heavy (non-hydrogen) atoms. The zero-order chi connectivity index (χ0) is 25.4. The van der Waals surface area contributed by atoms with Crippen LogP contribution in [0.4, 0.5) is 0 Å². The van der Waals surface area contributed by atoms with E-state index in [1.165, 1.54) is 68.1 Å². The van der Waals surface area contributed by atoms with Crippen molar-refractivity contribution in [3.8, 4) is 0 Å². The maximum Gasteiger partial charge on any atom is 0.184 e. The van der Waals surface area contributed by atoms with Crippen molar-refractivity contribution in [2.24, 2.45) is 29.6 Å². The topological polar surface area (TPSA) is 36.9 Å². The second kappa shape index (κ2) is 11.4. The molecule has 4 fully saturated rings. The summed E-state index contributed by atoms with van der Waals surface area (Å²) in [6, 6.07) is 4.67. The van der Waals surface area contributed by atoms with E-state index in [0.29, 0.717) is 29.8 Å². The van der Waals surface area contributed by atoms with E-state index >= 15 is 0 Å². The number of ether oxygens (including phenoxy) is 4. The molecule has 4 heteroatoms. The summed E-state index contributed by atoms with van der Waals surface area (Å²) in [5.74, 6) is 4.07. The molecule has 1 aromatic rings. The van der Waals surface area contributed by atoms with Gasteiger partial charge in [-0.1, -0.05) is 26.0 Å². The van der Waals surface area contributed by atoms with Crippen LogP contribution in [0.2, 0.25) is 0 Å². The third kappa shape index (κ3) is 5.58. The summed E-state index contributed by atoms with van der Waals surface area (Å²) in [5.41, 5.74) is 5.59. The Morgan fingerprint density at radius 3 is 1.69 bits per heavy atom. The van der Waals surface area contributed by atoms with Crippen molar-refractivity contribution < 1.29 is 18.9 Å². The third-order valence-electron chi connectivity index (χ3n) is 10.5. The van der Waals surface area contributed by atoms with Crippen molar-refractivity contribution in [2.75, 3.05) is 13.2 Å². The van der Waals surface area contributed by atoms with Gasteiger partial charge in [-0.3, -0.25) is 0 Å². The molecular formula is C32H50O4. The lowest BCUT2D eigenvalue weighted by Crippen LogP contribution is -2.42. The monoisotopic (exact) mass is 498 g/mol. The lowest BCUT2D eigenvalue weighted by atomic mass is 9.68. The van der Waals surface area contributed by atoms with Gasteiger partial charge in [0.15, 0.2) is 12.6 Å². The predicted octanol–water partition coefficient (Wildman–Crippen LogP) is 7.85. The van der Waals surface area contributed by atoms with E-state index in [2.05, 4.69) is 53.7 Å². The summed E-state index contributed by atoms with van der Waals surface area (Å²) >= 11 is 0. The molecule has 2 saturated heterocycles. The molecule has 5 rings (SSSR count). The molecule has 1 aromatic carbocycles. The van der Waals surface area contributed by atoms with Gasteiger partial charge >= 0.3 is 0 Å². The maximum absolute atomic E-state index is 6.22.